The molecule has 0 radical (unpaired) electrons. The molecule has 43 heavy (non-hydrogen) atoms. The predicted octanol–water partition coefficient (Wildman–Crippen LogP) is 11.8. The fraction of sp³-hybridized carbons (Fsp3) is 0. The summed E-state index contributed by atoms with van der Waals surface area (Å²) in [6, 6.07) is 53.2. The average Bonchev–Trinajstić information content (AvgIpc) is 3.62. The zero-order chi connectivity index (χ0) is 28.3. The Morgan fingerprint density at radius 3 is 1.81 bits per heavy atom. The Morgan fingerprint density at radius 2 is 1.00 bits per heavy atom. The predicted molar refractivity (Wildman–Crippen MR) is 179 cm³/mol. The first-order chi connectivity index (χ1) is 21.3. The van der Waals surface area contributed by atoms with Gasteiger partial charge in [0.25, 0.3) is 0 Å². The van der Waals surface area contributed by atoms with Crippen molar-refractivity contribution in [3.05, 3.63) is 152 Å². The maximum Gasteiger partial charge on any atom is 0.137 e. The lowest BCUT2D eigenvalue weighted by Crippen LogP contribution is -2.11. The first kappa shape index (κ1) is 23.9. The summed E-state index contributed by atoms with van der Waals surface area (Å²) in [6.45, 7) is 0. The molecule has 0 aliphatic rings. The lowest BCUT2D eigenvalue weighted by molar-refractivity contribution is 0.669. The largest absolute Gasteiger partial charge is 0.456 e. The van der Waals surface area contributed by atoms with Gasteiger partial charge in [-0.25, -0.2) is 0 Å². The molecule has 3 nitrogen and oxygen atoms in total. The van der Waals surface area contributed by atoms with E-state index in [1.54, 1.807) is 0 Å². The lowest BCUT2D eigenvalue weighted by Gasteiger charge is -2.29. The molecule has 202 valence electrons. The molecule has 0 atom stereocenters. The average molecular weight is 552 g/mol. The van der Waals surface area contributed by atoms with Crippen molar-refractivity contribution >= 4 is 71.7 Å². The number of nitrogens with zero attached hydrogens (tertiary/aromatic N) is 1. The summed E-state index contributed by atoms with van der Waals surface area (Å²) in [7, 11) is 0. The van der Waals surface area contributed by atoms with E-state index in [1.807, 2.05) is 24.3 Å². The van der Waals surface area contributed by atoms with Gasteiger partial charge in [-0.15, -0.1) is 0 Å². The van der Waals surface area contributed by atoms with E-state index in [2.05, 4.69) is 132 Å². The molecule has 2 heterocycles. The molecular formula is C40H25NO2. The molecule has 7 aromatic carbocycles. The van der Waals surface area contributed by atoms with E-state index in [0.29, 0.717) is 0 Å². The second kappa shape index (κ2) is 9.37. The number of fused-ring (bicyclic) bond motifs is 7. The fourth-order valence-electron chi connectivity index (χ4n) is 6.47. The smallest absolute Gasteiger partial charge is 0.137 e. The third-order valence-electron chi connectivity index (χ3n) is 8.45. The van der Waals surface area contributed by atoms with Crippen LogP contribution in [0.5, 0.6) is 0 Å². The fourth-order valence-corrected chi connectivity index (χ4v) is 6.47. The van der Waals surface area contributed by atoms with Crippen molar-refractivity contribution in [2.45, 2.75) is 0 Å². The van der Waals surface area contributed by atoms with E-state index < -0.39 is 0 Å². The highest BCUT2D eigenvalue weighted by Crippen LogP contribution is 2.45. The minimum absolute atomic E-state index is 0.865. The Balaban J connectivity index is 1.35. The topological polar surface area (TPSA) is 29.5 Å². The second-order valence-electron chi connectivity index (χ2n) is 10.9. The first-order valence-corrected chi connectivity index (χ1v) is 14.5. The number of rotatable bonds is 4. The molecule has 0 saturated heterocycles. The van der Waals surface area contributed by atoms with Crippen LogP contribution in [0, 0.1) is 0 Å². The molecule has 0 aliphatic carbocycles. The number of para-hydroxylation sites is 3. The molecule has 2 aromatic heterocycles. The minimum Gasteiger partial charge on any atom is -0.456 e. The maximum atomic E-state index is 6.37. The van der Waals surface area contributed by atoms with Gasteiger partial charge in [0.05, 0.1) is 11.4 Å². The minimum atomic E-state index is 0.865. The molecule has 3 heteroatoms. The van der Waals surface area contributed by atoms with Gasteiger partial charge in [0, 0.05) is 44.2 Å². The summed E-state index contributed by atoms with van der Waals surface area (Å²) in [6.07, 6.45) is 0. The summed E-state index contributed by atoms with van der Waals surface area (Å²) < 4.78 is 12.6. The van der Waals surface area contributed by atoms with Gasteiger partial charge in [-0.05, 0) is 59.5 Å². The Kier molecular flexibility index (Phi) is 5.20. The van der Waals surface area contributed by atoms with E-state index in [0.717, 1.165) is 82.8 Å². The van der Waals surface area contributed by atoms with Gasteiger partial charge in [0.15, 0.2) is 0 Å². The van der Waals surface area contributed by atoms with Crippen LogP contribution in [0.2, 0.25) is 0 Å². The zero-order valence-corrected chi connectivity index (χ0v) is 23.2. The number of furan rings is 2. The van der Waals surface area contributed by atoms with Gasteiger partial charge in [-0.2, -0.15) is 0 Å². The Bertz CT molecular complexity index is 2470. The number of benzene rings is 7. The quantitative estimate of drug-likeness (QED) is 0.218. The first-order valence-electron chi connectivity index (χ1n) is 14.5. The number of hydrogen-bond donors (Lipinski definition) is 0. The van der Waals surface area contributed by atoms with Crippen molar-refractivity contribution in [2.24, 2.45) is 0 Å². The monoisotopic (exact) mass is 551 g/mol. The van der Waals surface area contributed by atoms with Crippen molar-refractivity contribution in [3.8, 4) is 11.1 Å². The van der Waals surface area contributed by atoms with Crippen molar-refractivity contribution in [1.82, 2.24) is 0 Å². The molecule has 9 aromatic rings. The standard InChI is InChI=1S/C40H25NO2/c1-2-11-26(12-3-1)29-14-4-7-17-35(29)41(28-21-22-32-30-15-5-8-19-37(30)43-40(32)24-28)36-18-10-13-27-23-39-34(25-33(27)36)31-16-6-9-20-38(31)42-39/h1-25H. The normalized spacial score (nSPS) is 11.7. The van der Waals surface area contributed by atoms with Crippen LogP contribution in [0.25, 0.3) is 65.8 Å². The summed E-state index contributed by atoms with van der Waals surface area (Å²) in [4.78, 5) is 2.37. The molecule has 0 aliphatic heterocycles. The molecule has 0 bridgehead atoms. The highest BCUT2D eigenvalue weighted by atomic mass is 16.3. The van der Waals surface area contributed by atoms with Gasteiger partial charge in [0.2, 0.25) is 0 Å². The molecule has 0 amide bonds. The molecule has 0 spiro atoms. The van der Waals surface area contributed by atoms with E-state index in [1.165, 1.54) is 0 Å². The van der Waals surface area contributed by atoms with Crippen LogP contribution in [0.4, 0.5) is 17.1 Å². The molecule has 9 rings (SSSR count). The maximum absolute atomic E-state index is 6.37. The third-order valence-corrected chi connectivity index (χ3v) is 8.45. The van der Waals surface area contributed by atoms with Gasteiger partial charge in [-0.3, -0.25) is 0 Å². The van der Waals surface area contributed by atoms with Crippen LogP contribution in [0.15, 0.2) is 160 Å². The van der Waals surface area contributed by atoms with Crippen LogP contribution < -0.4 is 4.90 Å². The van der Waals surface area contributed by atoms with E-state index in [4.69, 9.17) is 8.83 Å². The molecule has 0 fully saturated rings. The summed E-state index contributed by atoms with van der Waals surface area (Å²) >= 11 is 0. The van der Waals surface area contributed by atoms with Gasteiger partial charge in [-0.1, -0.05) is 97.1 Å². The Hall–Kier alpha value is -5.80. The van der Waals surface area contributed by atoms with Crippen LogP contribution >= 0.6 is 0 Å². The van der Waals surface area contributed by atoms with Crippen molar-refractivity contribution in [2.75, 3.05) is 4.90 Å². The van der Waals surface area contributed by atoms with Crippen LogP contribution in [-0.4, -0.2) is 0 Å². The zero-order valence-electron chi connectivity index (χ0n) is 23.2. The van der Waals surface area contributed by atoms with E-state index in [9.17, 15) is 0 Å². The molecule has 0 unspecified atom stereocenters. The number of anilines is 3. The SMILES string of the molecule is c1ccc(-c2ccccc2N(c2ccc3c(c2)oc2ccccc23)c2cccc3cc4oc5ccccc5c4cc23)cc1. The van der Waals surface area contributed by atoms with Crippen molar-refractivity contribution in [3.63, 3.8) is 0 Å². The molecule has 0 saturated carbocycles. The van der Waals surface area contributed by atoms with Gasteiger partial charge in [0.1, 0.15) is 22.3 Å². The number of hydrogen-bond acceptors (Lipinski definition) is 3. The summed E-state index contributed by atoms with van der Waals surface area (Å²) in [5.74, 6) is 0. The summed E-state index contributed by atoms with van der Waals surface area (Å²) in [5.41, 5.74) is 9.07. The van der Waals surface area contributed by atoms with E-state index >= 15 is 0 Å². The van der Waals surface area contributed by atoms with Crippen LogP contribution in [-0.2, 0) is 0 Å². The van der Waals surface area contributed by atoms with Crippen LogP contribution in [0.1, 0.15) is 0 Å². The van der Waals surface area contributed by atoms with Gasteiger partial charge >= 0.3 is 0 Å². The second-order valence-corrected chi connectivity index (χ2v) is 10.9. The van der Waals surface area contributed by atoms with Crippen molar-refractivity contribution in [1.29, 1.82) is 0 Å². The van der Waals surface area contributed by atoms with Crippen LogP contribution in [0.3, 0.4) is 0 Å². The Morgan fingerprint density at radius 1 is 0.372 bits per heavy atom. The van der Waals surface area contributed by atoms with Crippen molar-refractivity contribution < 1.29 is 8.83 Å². The molecule has 0 N–H and O–H groups in total. The van der Waals surface area contributed by atoms with E-state index in [-0.39, 0.29) is 0 Å². The lowest BCUT2D eigenvalue weighted by atomic mass is 9.99. The van der Waals surface area contributed by atoms with Gasteiger partial charge < -0.3 is 13.7 Å². The third kappa shape index (κ3) is 3.75. The summed E-state index contributed by atoms with van der Waals surface area (Å²) in [5, 5.41) is 6.73. The molecular weight excluding hydrogens is 526 g/mol. The Labute approximate surface area is 247 Å². The highest BCUT2D eigenvalue weighted by Gasteiger charge is 2.21. The highest BCUT2D eigenvalue weighted by molar-refractivity contribution is 6.14.